The van der Waals surface area contributed by atoms with Gasteiger partial charge in [-0.25, -0.2) is 0 Å². The average molecular weight is 212 g/mol. The standard InChI is InChI=1S/C14H28O/c1-5-7-8-11-14(4,15)12-10-13(3)9-6-2/h10,12-13,15H,5-9,11H2,1-4H3. The molecule has 1 N–H and O–H groups in total. The van der Waals surface area contributed by atoms with Gasteiger partial charge in [0.05, 0.1) is 5.60 Å². The lowest BCUT2D eigenvalue weighted by atomic mass is 9.95. The van der Waals surface area contributed by atoms with Gasteiger partial charge in [-0.3, -0.25) is 0 Å². The molecule has 0 aliphatic heterocycles. The SMILES string of the molecule is CCCCCC(C)(O)C=CC(C)CCC. The van der Waals surface area contributed by atoms with E-state index in [-0.39, 0.29) is 0 Å². The van der Waals surface area contributed by atoms with Gasteiger partial charge in [-0.05, 0) is 25.7 Å². The second-order valence-electron chi connectivity index (χ2n) is 4.94. The molecule has 0 aromatic heterocycles. The Morgan fingerprint density at radius 2 is 1.87 bits per heavy atom. The lowest BCUT2D eigenvalue weighted by Gasteiger charge is -2.19. The van der Waals surface area contributed by atoms with Crippen LogP contribution in [0.1, 0.15) is 66.2 Å². The molecule has 0 aliphatic rings. The van der Waals surface area contributed by atoms with Crippen LogP contribution in [0.4, 0.5) is 0 Å². The summed E-state index contributed by atoms with van der Waals surface area (Å²) in [5, 5.41) is 10.1. The molecule has 2 unspecified atom stereocenters. The number of rotatable bonds is 8. The van der Waals surface area contributed by atoms with E-state index in [0.29, 0.717) is 5.92 Å². The Bertz CT molecular complexity index is 170. The summed E-state index contributed by atoms with van der Waals surface area (Å²) in [6.45, 7) is 8.51. The molecular formula is C14H28O. The van der Waals surface area contributed by atoms with Crippen molar-refractivity contribution in [3.8, 4) is 0 Å². The first kappa shape index (κ1) is 14.7. The molecule has 0 aromatic carbocycles. The zero-order chi connectivity index (χ0) is 11.7. The van der Waals surface area contributed by atoms with Gasteiger partial charge in [0.15, 0.2) is 0 Å². The quantitative estimate of drug-likeness (QED) is 0.469. The Labute approximate surface area is 95.6 Å². The first-order valence-corrected chi connectivity index (χ1v) is 6.43. The van der Waals surface area contributed by atoms with Crippen LogP contribution in [0.25, 0.3) is 0 Å². The maximum absolute atomic E-state index is 10.1. The maximum Gasteiger partial charge on any atom is 0.0799 e. The highest BCUT2D eigenvalue weighted by molar-refractivity contribution is 4.99. The molecule has 0 bridgehead atoms. The molecule has 1 nitrogen and oxygen atoms in total. The summed E-state index contributed by atoms with van der Waals surface area (Å²) >= 11 is 0. The molecule has 0 rings (SSSR count). The minimum Gasteiger partial charge on any atom is -0.386 e. The number of hydrogen-bond acceptors (Lipinski definition) is 1. The molecule has 0 radical (unpaired) electrons. The van der Waals surface area contributed by atoms with Gasteiger partial charge in [0.2, 0.25) is 0 Å². The lowest BCUT2D eigenvalue weighted by Crippen LogP contribution is -2.20. The van der Waals surface area contributed by atoms with Gasteiger partial charge < -0.3 is 5.11 Å². The summed E-state index contributed by atoms with van der Waals surface area (Å²) in [6, 6.07) is 0. The predicted molar refractivity (Wildman–Crippen MR) is 68.0 cm³/mol. The topological polar surface area (TPSA) is 20.2 Å². The van der Waals surface area contributed by atoms with Crippen molar-refractivity contribution in [3.05, 3.63) is 12.2 Å². The minimum absolute atomic E-state index is 0.590. The van der Waals surface area contributed by atoms with E-state index in [4.69, 9.17) is 0 Å². The Morgan fingerprint density at radius 1 is 1.20 bits per heavy atom. The van der Waals surface area contributed by atoms with Crippen LogP contribution in [0, 0.1) is 5.92 Å². The zero-order valence-corrected chi connectivity index (χ0v) is 10.9. The Kier molecular flexibility index (Phi) is 7.76. The van der Waals surface area contributed by atoms with Crippen LogP contribution in [0.3, 0.4) is 0 Å². The van der Waals surface area contributed by atoms with Crippen molar-refractivity contribution >= 4 is 0 Å². The first-order valence-electron chi connectivity index (χ1n) is 6.43. The van der Waals surface area contributed by atoms with Gasteiger partial charge in [-0.1, -0.05) is 58.6 Å². The highest BCUT2D eigenvalue weighted by Gasteiger charge is 2.15. The van der Waals surface area contributed by atoms with E-state index < -0.39 is 5.60 Å². The highest BCUT2D eigenvalue weighted by atomic mass is 16.3. The summed E-state index contributed by atoms with van der Waals surface area (Å²) in [6.07, 6.45) is 11.0. The third kappa shape index (κ3) is 8.68. The molecule has 0 heterocycles. The maximum atomic E-state index is 10.1. The molecule has 2 atom stereocenters. The fourth-order valence-electron chi connectivity index (χ4n) is 1.74. The molecule has 0 saturated carbocycles. The van der Waals surface area contributed by atoms with Crippen LogP contribution in [-0.4, -0.2) is 10.7 Å². The van der Waals surface area contributed by atoms with Crippen molar-refractivity contribution in [2.75, 3.05) is 0 Å². The third-order valence-corrected chi connectivity index (χ3v) is 2.81. The number of allylic oxidation sites excluding steroid dienone is 1. The molecule has 0 aromatic rings. The normalized spacial score (nSPS) is 17.9. The predicted octanol–water partition coefficient (Wildman–Crippen LogP) is 4.31. The molecular weight excluding hydrogens is 184 g/mol. The Morgan fingerprint density at radius 3 is 2.40 bits per heavy atom. The van der Waals surface area contributed by atoms with E-state index in [1.807, 2.05) is 13.0 Å². The molecule has 0 saturated heterocycles. The van der Waals surface area contributed by atoms with Crippen LogP contribution in [0.15, 0.2) is 12.2 Å². The molecule has 0 fully saturated rings. The van der Waals surface area contributed by atoms with Crippen LogP contribution < -0.4 is 0 Å². The van der Waals surface area contributed by atoms with Crippen molar-refractivity contribution in [3.63, 3.8) is 0 Å². The van der Waals surface area contributed by atoms with Gasteiger partial charge in [-0.15, -0.1) is 0 Å². The largest absolute Gasteiger partial charge is 0.386 e. The van der Waals surface area contributed by atoms with Crippen molar-refractivity contribution in [1.29, 1.82) is 0 Å². The molecule has 0 spiro atoms. The van der Waals surface area contributed by atoms with Crippen LogP contribution >= 0.6 is 0 Å². The van der Waals surface area contributed by atoms with Gasteiger partial charge in [0.1, 0.15) is 0 Å². The second-order valence-corrected chi connectivity index (χ2v) is 4.94. The summed E-state index contributed by atoms with van der Waals surface area (Å²) < 4.78 is 0. The van der Waals surface area contributed by atoms with E-state index in [1.165, 1.54) is 25.7 Å². The average Bonchev–Trinajstić information content (AvgIpc) is 2.16. The first-order chi connectivity index (χ1) is 7.02. The van der Waals surface area contributed by atoms with Crippen molar-refractivity contribution in [2.24, 2.45) is 5.92 Å². The Balaban J connectivity index is 3.89. The monoisotopic (exact) mass is 212 g/mol. The van der Waals surface area contributed by atoms with Gasteiger partial charge >= 0.3 is 0 Å². The molecule has 0 aliphatic carbocycles. The fraction of sp³-hybridized carbons (Fsp3) is 0.857. The van der Waals surface area contributed by atoms with E-state index in [2.05, 4.69) is 26.8 Å². The molecule has 0 amide bonds. The molecule has 1 heteroatoms. The minimum atomic E-state index is -0.600. The summed E-state index contributed by atoms with van der Waals surface area (Å²) in [4.78, 5) is 0. The number of aliphatic hydroxyl groups is 1. The second kappa shape index (κ2) is 7.92. The van der Waals surface area contributed by atoms with Crippen LogP contribution in [0.5, 0.6) is 0 Å². The fourth-order valence-corrected chi connectivity index (χ4v) is 1.74. The summed E-state index contributed by atoms with van der Waals surface area (Å²) in [5.74, 6) is 0.590. The van der Waals surface area contributed by atoms with Crippen molar-refractivity contribution in [2.45, 2.75) is 71.8 Å². The smallest absolute Gasteiger partial charge is 0.0799 e. The summed E-state index contributed by atoms with van der Waals surface area (Å²) in [5.41, 5.74) is -0.600. The van der Waals surface area contributed by atoms with E-state index in [0.717, 1.165) is 12.8 Å². The van der Waals surface area contributed by atoms with E-state index in [9.17, 15) is 5.11 Å². The summed E-state index contributed by atoms with van der Waals surface area (Å²) in [7, 11) is 0. The lowest BCUT2D eigenvalue weighted by molar-refractivity contribution is 0.0980. The van der Waals surface area contributed by atoms with E-state index >= 15 is 0 Å². The van der Waals surface area contributed by atoms with Crippen LogP contribution in [0.2, 0.25) is 0 Å². The highest BCUT2D eigenvalue weighted by Crippen LogP contribution is 2.18. The van der Waals surface area contributed by atoms with Crippen LogP contribution in [-0.2, 0) is 0 Å². The Hall–Kier alpha value is -0.300. The molecule has 90 valence electrons. The van der Waals surface area contributed by atoms with Gasteiger partial charge in [0.25, 0.3) is 0 Å². The van der Waals surface area contributed by atoms with Crippen molar-refractivity contribution < 1.29 is 5.11 Å². The van der Waals surface area contributed by atoms with Gasteiger partial charge in [-0.2, -0.15) is 0 Å². The third-order valence-electron chi connectivity index (χ3n) is 2.81. The number of hydrogen-bond donors (Lipinski definition) is 1. The van der Waals surface area contributed by atoms with Crippen molar-refractivity contribution in [1.82, 2.24) is 0 Å². The number of unbranched alkanes of at least 4 members (excludes halogenated alkanes) is 2. The molecule has 15 heavy (non-hydrogen) atoms. The van der Waals surface area contributed by atoms with Gasteiger partial charge in [0, 0.05) is 0 Å². The zero-order valence-electron chi connectivity index (χ0n) is 10.9. The van der Waals surface area contributed by atoms with E-state index in [1.54, 1.807) is 0 Å².